The third-order valence-corrected chi connectivity index (χ3v) is 3.65. The summed E-state index contributed by atoms with van der Waals surface area (Å²) in [6.07, 6.45) is 0. The van der Waals surface area contributed by atoms with Crippen molar-refractivity contribution < 1.29 is 9.53 Å². The van der Waals surface area contributed by atoms with E-state index in [9.17, 15) is 4.79 Å². The first kappa shape index (κ1) is 12.9. The van der Waals surface area contributed by atoms with Crippen molar-refractivity contribution in [2.75, 3.05) is 31.6 Å². The van der Waals surface area contributed by atoms with Crippen molar-refractivity contribution in [3.63, 3.8) is 0 Å². The number of nitrogens with zero attached hydrogens (tertiary/aromatic N) is 1. The van der Waals surface area contributed by atoms with Crippen LogP contribution in [0.25, 0.3) is 0 Å². The first-order valence-electron chi connectivity index (χ1n) is 5.25. The molecule has 0 saturated carbocycles. The van der Waals surface area contributed by atoms with Gasteiger partial charge in [-0.1, -0.05) is 15.9 Å². The summed E-state index contributed by atoms with van der Waals surface area (Å²) in [6.45, 7) is 2.48. The third-order valence-electron chi connectivity index (χ3n) is 2.47. The highest BCUT2D eigenvalue weighted by atomic mass is 79.9. The van der Waals surface area contributed by atoms with E-state index in [1.165, 1.54) is 0 Å². The normalized spacial score (nSPS) is 15.8. The van der Waals surface area contributed by atoms with Gasteiger partial charge in [-0.25, -0.2) is 4.79 Å². The van der Waals surface area contributed by atoms with E-state index in [1.807, 2.05) is 18.2 Å². The Morgan fingerprint density at radius 2 is 2.00 bits per heavy atom. The van der Waals surface area contributed by atoms with Crippen LogP contribution < -0.4 is 5.32 Å². The van der Waals surface area contributed by atoms with Crippen LogP contribution in [-0.4, -0.2) is 37.2 Å². The SMILES string of the molecule is O=C(Nc1cc(Br)ccc1Br)N1CCOCC1. The molecule has 1 heterocycles. The van der Waals surface area contributed by atoms with Crippen LogP contribution in [0, 0.1) is 0 Å². The Kier molecular flexibility index (Phi) is 4.42. The number of hydrogen-bond donors (Lipinski definition) is 1. The molecule has 0 aromatic heterocycles. The molecule has 1 fully saturated rings. The molecule has 1 saturated heterocycles. The van der Waals surface area contributed by atoms with E-state index >= 15 is 0 Å². The largest absolute Gasteiger partial charge is 0.378 e. The molecule has 2 rings (SSSR count). The molecule has 0 aliphatic carbocycles. The second-order valence-electron chi connectivity index (χ2n) is 3.65. The molecule has 1 aliphatic rings. The van der Waals surface area contributed by atoms with Gasteiger partial charge in [-0.05, 0) is 34.1 Å². The zero-order valence-corrected chi connectivity index (χ0v) is 12.3. The number of carbonyl (C=O) groups excluding carboxylic acids is 1. The maximum atomic E-state index is 12.0. The van der Waals surface area contributed by atoms with Crippen molar-refractivity contribution in [1.82, 2.24) is 4.90 Å². The molecule has 1 aromatic carbocycles. The van der Waals surface area contributed by atoms with Crippen LogP contribution in [0.1, 0.15) is 0 Å². The highest BCUT2D eigenvalue weighted by Crippen LogP contribution is 2.26. The van der Waals surface area contributed by atoms with E-state index in [2.05, 4.69) is 37.2 Å². The molecule has 1 N–H and O–H groups in total. The number of amides is 2. The number of rotatable bonds is 1. The van der Waals surface area contributed by atoms with Crippen LogP contribution in [0.2, 0.25) is 0 Å². The zero-order chi connectivity index (χ0) is 12.3. The van der Waals surface area contributed by atoms with Gasteiger partial charge in [0.15, 0.2) is 0 Å². The van der Waals surface area contributed by atoms with Crippen LogP contribution in [0.15, 0.2) is 27.1 Å². The van der Waals surface area contributed by atoms with Crippen LogP contribution >= 0.6 is 31.9 Å². The summed E-state index contributed by atoms with van der Waals surface area (Å²) >= 11 is 6.78. The molecule has 0 bridgehead atoms. The lowest BCUT2D eigenvalue weighted by atomic mass is 10.3. The van der Waals surface area contributed by atoms with Crippen LogP contribution in [-0.2, 0) is 4.74 Å². The van der Waals surface area contributed by atoms with Crippen molar-refractivity contribution in [3.05, 3.63) is 27.1 Å². The lowest BCUT2D eigenvalue weighted by molar-refractivity contribution is 0.0564. The van der Waals surface area contributed by atoms with E-state index < -0.39 is 0 Å². The monoisotopic (exact) mass is 362 g/mol. The summed E-state index contributed by atoms with van der Waals surface area (Å²) in [6, 6.07) is 5.57. The molecule has 0 unspecified atom stereocenters. The Labute approximate surface area is 117 Å². The van der Waals surface area contributed by atoms with Gasteiger partial charge in [-0.3, -0.25) is 0 Å². The fraction of sp³-hybridized carbons (Fsp3) is 0.364. The number of carbonyl (C=O) groups is 1. The topological polar surface area (TPSA) is 41.6 Å². The predicted octanol–water partition coefficient (Wildman–Crippen LogP) is 3.08. The summed E-state index contributed by atoms with van der Waals surface area (Å²) in [5, 5.41) is 2.88. The van der Waals surface area contributed by atoms with Crippen molar-refractivity contribution in [2.45, 2.75) is 0 Å². The average Bonchev–Trinajstić information content (AvgIpc) is 2.35. The van der Waals surface area contributed by atoms with Gasteiger partial charge in [0.25, 0.3) is 0 Å². The maximum Gasteiger partial charge on any atom is 0.322 e. The quantitative estimate of drug-likeness (QED) is 0.833. The number of urea groups is 1. The van der Waals surface area contributed by atoms with E-state index in [1.54, 1.807) is 4.90 Å². The molecule has 1 aromatic rings. The second kappa shape index (κ2) is 5.84. The molecule has 2 amide bonds. The van der Waals surface area contributed by atoms with E-state index in [0.29, 0.717) is 26.3 Å². The lowest BCUT2D eigenvalue weighted by Gasteiger charge is -2.27. The van der Waals surface area contributed by atoms with Crippen molar-refractivity contribution in [3.8, 4) is 0 Å². The Morgan fingerprint density at radius 1 is 1.29 bits per heavy atom. The maximum absolute atomic E-state index is 12.0. The molecule has 1 aliphatic heterocycles. The van der Waals surface area contributed by atoms with E-state index in [0.717, 1.165) is 14.6 Å². The molecule has 17 heavy (non-hydrogen) atoms. The minimum absolute atomic E-state index is 0.0906. The first-order chi connectivity index (χ1) is 8.16. The fourth-order valence-corrected chi connectivity index (χ4v) is 2.26. The van der Waals surface area contributed by atoms with Gasteiger partial charge < -0.3 is 15.0 Å². The van der Waals surface area contributed by atoms with Gasteiger partial charge in [0.2, 0.25) is 0 Å². The summed E-state index contributed by atoms with van der Waals surface area (Å²) in [5.41, 5.74) is 0.760. The second-order valence-corrected chi connectivity index (χ2v) is 5.42. The molecule has 6 heteroatoms. The number of nitrogens with one attached hydrogen (secondary N) is 1. The van der Waals surface area contributed by atoms with Crippen molar-refractivity contribution >= 4 is 43.6 Å². The molecule has 92 valence electrons. The fourth-order valence-electron chi connectivity index (χ4n) is 1.55. The molecule has 0 atom stereocenters. The van der Waals surface area contributed by atoms with Gasteiger partial charge in [0, 0.05) is 22.0 Å². The number of halogens is 2. The highest BCUT2D eigenvalue weighted by molar-refractivity contribution is 9.11. The van der Waals surface area contributed by atoms with E-state index in [-0.39, 0.29) is 6.03 Å². The van der Waals surface area contributed by atoms with Crippen molar-refractivity contribution in [2.24, 2.45) is 0 Å². The molecule has 0 spiro atoms. The molecule has 0 radical (unpaired) electrons. The van der Waals surface area contributed by atoms with Gasteiger partial charge in [0.05, 0.1) is 18.9 Å². The summed E-state index contributed by atoms with van der Waals surface area (Å²) in [4.78, 5) is 13.7. The molecular formula is C11H12Br2N2O2. The van der Waals surface area contributed by atoms with Crippen LogP contribution in [0.5, 0.6) is 0 Å². The molecule has 4 nitrogen and oxygen atoms in total. The van der Waals surface area contributed by atoms with Crippen LogP contribution in [0.3, 0.4) is 0 Å². The van der Waals surface area contributed by atoms with Gasteiger partial charge in [0.1, 0.15) is 0 Å². The number of ether oxygens (including phenoxy) is 1. The Bertz CT molecular complexity index is 420. The summed E-state index contributed by atoms with van der Waals surface area (Å²) < 4.78 is 7.00. The number of hydrogen-bond acceptors (Lipinski definition) is 2. The van der Waals surface area contributed by atoms with Crippen molar-refractivity contribution in [1.29, 1.82) is 0 Å². The summed E-state index contributed by atoms with van der Waals surface area (Å²) in [7, 11) is 0. The van der Waals surface area contributed by atoms with Crippen LogP contribution in [0.4, 0.5) is 10.5 Å². The number of morpholine rings is 1. The molecular weight excluding hydrogens is 352 g/mol. The zero-order valence-electron chi connectivity index (χ0n) is 9.08. The number of anilines is 1. The van der Waals surface area contributed by atoms with Gasteiger partial charge in [-0.2, -0.15) is 0 Å². The third kappa shape index (κ3) is 3.43. The Morgan fingerprint density at radius 3 is 2.71 bits per heavy atom. The Balaban J connectivity index is 2.04. The smallest absolute Gasteiger partial charge is 0.322 e. The van der Waals surface area contributed by atoms with Gasteiger partial charge >= 0.3 is 6.03 Å². The highest BCUT2D eigenvalue weighted by Gasteiger charge is 2.17. The first-order valence-corrected chi connectivity index (χ1v) is 6.84. The standard InChI is InChI=1S/C11H12Br2N2O2/c12-8-1-2-9(13)10(7-8)14-11(16)15-3-5-17-6-4-15/h1-2,7H,3-6H2,(H,14,16). The minimum Gasteiger partial charge on any atom is -0.378 e. The lowest BCUT2D eigenvalue weighted by Crippen LogP contribution is -2.43. The van der Waals surface area contributed by atoms with E-state index in [4.69, 9.17) is 4.74 Å². The number of benzene rings is 1. The Hall–Kier alpha value is -0.590. The summed E-state index contributed by atoms with van der Waals surface area (Å²) in [5.74, 6) is 0. The predicted molar refractivity (Wildman–Crippen MR) is 73.3 cm³/mol. The van der Waals surface area contributed by atoms with Gasteiger partial charge in [-0.15, -0.1) is 0 Å². The average molecular weight is 364 g/mol. The minimum atomic E-state index is -0.0906.